The first kappa shape index (κ1) is 17.7. The summed E-state index contributed by atoms with van der Waals surface area (Å²) in [4.78, 5) is 29.1. The molecular formula is C22H24N2O3. The number of nitrogens with zero attached hydrogens (tertiary/aromatic N) is 2. The summed E-state index contributed by atoms with van der Waals surface area (Å²) in [5, 5.41) is 0. The van der Waals surface area contributed by atoms with Crippen molar-refractivity contribution in [3.8, 4) is 12.3 Å². The SMILES string of the molecule is C#Cc1ccc2c(c1)C1(C3CCCCC3)OC(C)=CC(=O)N1CC(=O)N2C. The minimum atomic E-state index is -0.987. The van der Waals surface area contributed by atoms with Gasteiger partial charge in [0.15, 0.2) is 0 Å². The molecule has 0 aromatic heterocycles. The van der Waals surface area contributed by atoms with Gasteiger partial charge in [0.05, 0.1) is 5.69 Å². The minimum Gasteiger partial charge on any atom is -0.468 e. The van der Waals surface area contributed by atoms with Crippen molar-refractivity contribution in [3.05, 3.63) is 41.2 Å². The number of anilines is 1. The van der Waals surface area contributed by atoms with Crippen molar-refractivity contribution in [3.63, 3.8) is 0 Å². The molecule has 3 aliphatic rings. The number of carbonyl (C=O) groups excluding carboxylic acids is 2. The Labute approximate surface area is 160 Å². The molecule has 0 bridgehead atoms. The van der Waals surface area contributed by atoms with E-state index in [9.17, 15) is 9.59 Å². The van der Waals surface area contributed by atoms with Crippen LogP contribution in [0.15, 0.2) is 30.0 Å². The number of ether oxygens (including phenoxy) is 1. The number of fused-ring (bicyclic) bond motifs is 3. The lowest BCUT2D eigenvalue weighted by molar-refractivity contribution is -0.196. The van der Waals surface area contributed by atoms with Gasteiger partial charge in [0.2, 0.25) is 11.6 Å². The van der Waals surface area contributed by atoms with Crippen LogP contribution in [-0.4, -0.2) is 30.3 Å². The van der Waals surface area contributed by atoms with Crippen LogP contribution in [0.25, 0.3) is 0 Å². The van der Waals surface area contributed by atoms with Crippen molar-refractivity contribution >= 4 is 17.5 Å². The summed E-state index contributed by atoms with van der Waals surface area (Å²) in [7, 11) is 1.74. The monoisotopic (exact) mass is 364 g/mol. The highest BCUT2D eigenvalue weighted by atomic mass is 16.5. The first-order valence-electron chi connectivity index (χ1n) is 9.54. The maximum Gasteiger partial charge on any atom is 0.253 e. The van der Waals surface area contributed by atoms with E-state index in [1.165, 1.54) is 12.5 Å². The zero-order valence-corrected chi connectivity index (χ0v) is 15.8. The number of hydrogen-bond donors (Lipinski definition) is 0. The van der Waals surface area contributed by atoms with Crippen molar-refractivity contribution in [1.82, 2.24) is 4.90 Å². The van der Waals surface area contributed by atoms with E-state index in [0.717, 1.165) is 42.5 Å². The Morgan fingerprint density at radius 1 is 1.22 bits per heavy atom. The van der Waals surface area contributed by atoms with Gasteiger partial charge in [-0.3, -0.25) is 14.5 Å². The minimum absolute atomic E-state index is 0.00429. The fourth-order valence-electron chi connectivity index (χ4n) is 4.74. The molecule has 1 saturated carbocycles. The van der Waals surface area contributed by atoms with Crippen LogP contribution in [0.2, 0.25) is 0 Å². The van der Waals surface area contributed by atoms with Gasteiger partial charge in [-0.1, -0.05) is 25.2 Å². The molecule has 5 nitrogen and oxygen atoms in total. The molecule has 5 heteroatoms. The Morgan fingerprint density at radius 2 is 1.96 bits per heavy atom. The summed E-state index contributed by atoms with van der Waals surface area (Å²) in [6.45, 7) is 1.80. The van der Waals surface area contributed by atoms with Crippen LogP contribution in [0.3, 0.4) is 0 Å². The topological polar surface area (TPSA) is 49.9 Å². The number of likely N-dealkylation sites (N-methyl/N-ethyl adjacent to an activating group) is 1. The standard InChI is InChI=1S/C22H24N2O3/c1-4-16-10-11-19-18(13-16)22(17-8-6-5-7-9-17)24(14-21(26)23(19)3)20(25)12-15(2)27-22/h1,10-13,17H,5-9,14H2,2-3H3. The quantitative estimate of drug-likeness (QED) is 0.720. The predicted octanol–water partition coefficient (Wildman–Crippen LogP) is 3.14. The van der Waals surface area contributed by atoms with Crippen molar-refractivity contribution in [2.24, 2.45) is 5.92 Å². The van der Waals surface area contributed by atoms with Gasteiger partial charge >= 0.3 is 0 Å². The summed E-state index contributed by atoms with van der Waals surface area (Å²) >= 11 is 0. The zero-order valence-electron chi connectivity index (χ0n) is 15.8. The number of carbonyl (C=O) groups is 2. The van der Waals surface area contributed by atoms with E-state index >= 15 is 0 Å². The van der Waals surface area contributed by atoms with Crippen LogP contribution in [0, 0.1) is 18.3 Å². The Kier molecular flexibility index (Phi) is 4.22. The van der Waals surface area contributed by atoms with E-state index < -0.39 is 5.72 Å². The smallest absolute Gasteiger partial charge is 0.253 e. The molecule has 1 fully saturated rings. The molecule has 2 aliphatic heterocycles. The number of hydrogen-bond acceptors (Lipinski definition) is 3. The molecule has 4 rings (SSSR count). The zero-order chi connectivity index (χ0) is 19.2. The Bertz CT molecular complexity index is 876. The average Bonchev–Trinajstić information content (AvgIpc) is 2.77. The Balaban J connectivity index is 2.02. The third kappa shape index (κ3) is 2.63. The first-order valence-corrected chi connectivity index (χ1v) is 9.54. The van der Waals surface area contributed by atoms with Gasteiger partial charge in [-0.25, -0.2) is 0 Å². The van der Waals surface area contributed by atoms with Gasteiger partial charge in [-0.15, -0.1) is 6.42 Å². The van der Waals surface area contributed by atoms with Crippen LogP contribution in [-0.2, 0) is 20.1 Å². The molecule has 0 saturated heterocycles. The third-order valence-electron chi connectivity index (χ3n) is 6.05. The van der Waals surface area contributed by atoms with E-state index in [4.69, 9.17) is 11.2 Å². The molecule has 0 N–H and O–H groups in total. The van der Waals surface area contributed by atoms with Crippen LogP contribution >= 0.6 is 0 Å². The van der Waals surface area contributed by atoms with E-state index in [0.29, 0.717) is 5.76 Å². The molecule has 2 heterocycles. The second kappa shape index (κ2) is 6.45. The van der Waals surface area contributed by atoms with Crippen molar-refractivity contribution < 1.29 is 14.3 Å². The molecule has 1 unspecified atom stereocenters. The van der Waals surface area contributed by atoms with Crippen LogP contribution < -0.4 is 4.90 Å². The average molecular weight is 364 g/mol. The highest BCUT2D eigenvalue weighted by molar-refractivity contribution is 6.01. The molecular weight excluding hydrogens is 340 g/mol. The summed E-state index contributed by atoms with van der Waals surface area (Å²) in [5.41, 5.74) is 1.31. The number of rotatable bonds is 1. The van der Waals surface area contributed by atoms with Gasteiger partial charge in [0.1, 0.15) is 12.3 Å². The van der Waals surface area contributed by atoms with Crippen molar-refractivity contribution in [2.45, 2.75) is 44.8 Å². The van der Waals surface area contributed by atoms with Crippen LogP contribution in [0.4, 0.5) is 5.69 Å². The van der Waals surface area contributed by atoms with E-state index in [2.05, 4.69) is 5.92 Å². The second-order valence-corrected chi connectivity index (χ2v) is 7.64. The maximum atomic E-state index is 13.0. The lowest BCUT2D eigenvalue weighted by Crippen LogP contribution is -2.58. The maximum absolute atomic E-state index is 13.0. The lowest BCUT2D eigenvalue weighted by atomic mass is 9.76. The molecule has 27 heavy (non-hydrogen) atoms. The summed E-state index contributed by atoms with van der Waals surface area (Å²) in [5.74, 6) is 3.07. The molecule has 1 aromatic carbocycles. The normalized spacial score (nSPS) is 25.7. The molecule has 1 atom stereocenters. The summed E-state index contributed by atoms with van der Waals surface area (Å²) in [6, 6.07) is 5.62. The largest absolute Gasteiger partial charge is 0.468 e. The third-order valence-corrected chi connectivity index (χ3v) is 6.05. The number of amides is 2. The second-order valence-electron chi connectivity index (χ2n) is 7.64. The Morgan fingerprint density at radius 3 is 2.67 bits per heavy atom. The van der Waals surface area contributed by atoms with E-state index in [1.807, 2.05) is 18.2 Å². The Hall–Kier alpha value is -2.74. The highest BCUT2D eigenvalue weighted by Crippen LogP contribution is 2.51. The predicted molar refractivity (Wildman–Crippen MR) is 103 cm³/mol. The van der Waals surface area contributed by atoms with Gasteiger partial charge in [-0.2, -0.15) is 0 Å². The first-order chi connectivity index (χ1) is 13.0. The van der Waals surface area contributed by atoms with Gasteiger partial charge in [-0.05, 0) is 38.0 Å². The van der Waals surface area contributed by atoms with E-state index in [1.54, 1.807) is 23.8 Å². The highest BCUT2D eigenvalue weighted by Gasteiger charge is 2.55. The molecule has 0 spiro atoms. The molecule has 2 amide bonds. The molecule has 1 aliphatic carbocycles. The lowest BCUT2D eigenvalue weighted by Gasteiger charge is -2.50. The van der Waals surface area contributed by atoms with Crippen molar-refractivity contribution in [2.75, 3.05) is 18.5 Å². The van der Waals surface area contributed by atoms with Gasteiger partial charge in [0, 0.05) is 30.2 Å². The number of terminal acetylenes is 1. The van der Waals surface area contributed by atoms with Gasteiger partial charge < -0.3 is 9.64 Å². The van der Waals surface area contributed by atoms with E-state index in [-0.39, 0.29) is 24.3 Å². The van der Waals surface area contributed by atoms with Crippen molar-refractivity contribution in [1.29, 1.82) is 0 Å². The van der Waals surface area contributed by atoms with Gasteiger partial charge in [0.25, 0.3) is 5.91 Å². The van der Waals surface area contributed by atoms with Crippen LogP contribution in [0.5, 0.6) is 0 Å². The fourth-order valence-corrected chi connectivity index (χ4v) is 4.74. The number of benzene rings is 1. The molecule has 1 aromatic rings. The van der Waals surface area contributed by atoms with Crippen LogP contribution in [0.1, 0.15) is 50.2 Å². The fraction of sp³-hybridized carbons (Fsp3) is 0.455. The molecule has 0 radical (unpaired) electrons. The number of allylic oxidation sites excluding steroid dienone is 1. The summed E-state index contributed by atoms with van der Waals surface area (Å²) < 4.78 is 6.51. The molecule has 140 valence electrons. The summed E-state index contributed by atoms with van der Waals surface area (Å²) in [6.07, 6.45) is 12.4.